The summed E-state index contributed by atoms with van der Waals surface area (Å²) >= 11 is 11.3. The average molecular weight is 403 g/mol. The number of hydrogen-bond donors (Lipinski definition) is 4. The zero-order valence-corrected chi connectivity index (χ0v) is 13.9. The Balaban J connectivity index is 2.66. The number of rotatable bonds is 3. The number of halogens is 2. The van der Waals surface area contributed by atoms with Gasteiger partial charge in [-0.2, -0.15) is 16.8 Å². The van der Waals surface area contributed by atoms with Crippen LogP contribution < -0.4 is 10.9 Å². The first-order valence-corrected chi connectivity index (χ1v) is 9.10. The highest BCUT2D eigenvalue weighted by atomic mass is 35.5. The molecule has 14 heteroatoms. The molecule has 1 aliphatic rings. The number of nitrogens with one attached hydrogen (secondary N) is 2. The van der Waals surface area contributed by atoms with Gasteiger partial charge < -0.3 is 0 Å². The summed E-state index contributed by atoms with van der Waals surface area (Å²) in [6.45, 7) is 0. The van der Waals surface area contributed by atoms with Crippen LogP contribution >= 0.6 is 23.4 Å². The van der Waals surface area contributed by atoms with Gasteiger partial charge in [0.2, 0.25) is 0 Å². The smallest absolute Gasteiger partial charge is 0.282 e. The summed E-state index contributed by atoms with van der Waals surface area (Å²) in [4.78, 5) is 2.53. The second-order valence-corrected chi connectivity index (χ2v) is 7.63. The summed E-state index contributed by atoms with van der Waals surface area (Å²) in [5.74, 6) is -0.0684. The molecule has 1 heterocycles. The minimum Gasteiger partial charge on any atom is -0.282 e. The lowest BCUT2D eigenvalue weighted by molar-refractivity contribution is 0.338. The topological polar surface area (TPSA) is 148 Å². The van der Waals surface area contributed by atoms with Crippen molar-refractivity contribution in [1.82, 2.24) is 15.5 Å². The van der Waals surface area contributed by atoms with E-state index in [1.807, 2.05) is 0 Å². The molecule has 0 unspecified atom stereocenters. The fraction of sp³-hybridized carbons (Fsp3) is 0. The van der Waals surface area contributed by atoms with Crippen LogP contribution in [0.2, 0.25) is 0 Å². The van der Waals surface area contributed by atoms with E-state index in [4.69, 9.17) is 27.9 Å². The van der Waals surface area contributed by atoms with Gasteiger partial charge in [-0.3, -0.25) is 20.0 Å². The first kappa shape index (κ1) is 17.9. The molecule has 0 spiro atoms. The van der Waals surface area contributed by atoms with Crippen LogP contribution in [0.3, 0.4) is 0 Å². The molecule has 1 aliphatic heterocycles. The van der Waals surface area contributed by atoms with E-state index in [0.29, 0.717) is 0 Å². The van der Waals surface area contributed by atoms with Crippen molar-refractivity contribution in [3.05, 3.63) is 29.4 Å². The molecule has 0 radical (unpaired) electrons. The van der Waals surface area contributed by atoms with E-state index >= 15 is 0 Å². The van der Waals surface area contributed by atoms with Gasteiger partial charge in [-0.15, -0.1) is 0 Å². The predicted octanol–water partition coefficient (Wildman–Crippen LogP) is 0.769. The Kier molecular flexibility index (Phi) is 4.86. The SMILES string of the molecule is O=S(=O)(O)c1ccc(S(=O)(=O)O)c(N=C2C=C(Cl)NN(Cl)N2)c1. The number of aliphatic imine (C=N–C) groups is 1. The lowest BCUT2D eigenvalue weighted by atomic mass is 10.3. The highest BCUT2D eigenvalue weighted by Crippen LogP contribution is 2.28. The summed E-state index contributed by atoms with van der Waals surface area (Å²) in [5.41, 5.74) is 4.37. The number of amidine groups is 1. The summed E-state index contributed by atoms with van der Waals surface area (Å²) < 4.78 is 64.0. The van der Waals surface area contributed by atoms with Crippen LogP contribution in [0.4, 0.5) is 5.69 Å². The van der Waals surface area contributed by atoms with Crippen LogP contribution in [0.1, 0.15) is 0 Å². The standard InChI is InChI=1S/C9H8Cl2N4O6S2/c10-8-4-9(14-15(11)13-8)12-6-3-5(22(16,17)18)1-2-7(6)23(19,20)21/h1-4,13H,(H,12,14)(H,16,17,18)(H,19,20,21). The maximum atomic E-state index is 11.3. The fourth-order valence-electron chi connectivity index (χ4n) is 1.56. The van der Waals surface area contributed by atoms with E-state index in [9.17, 15) is 21.4 Å². The molecule has 0 fully saturated rings. The zero-order chi connectivity index (χ0) is 17.4. The molecule has 1 aromatic carbocycles. The molecule has 0 bridgehead atoms. The molecule has 0 atom stereocenters. The normalized spacial score (nSPS) is 18.3. The van der Waals surface area contributed by atoms with E-state index in [1.54, 1.807) is 0 Å². The minimum absolute atomic E-state index is 0.0249. The Hall–Kier alpha value is -1.41. The highest BCUT2D eigenvalue weighted by Gasteiger charge is 2.21. The number of hydrogen-bond acceptors (Lipinski definition) is 7. The molecule has 0 aromatic heterocycles. The number of nitrogens with zero attached hydrogens (tertiary/aromatic N) is 2. The summed E-state index contributed by atoms with van der Waals surface area (Å²) in [7, 11) is -9.31. The maximum absolute atomic E-state index is 11.3. The van der Waals surface area contributed by atoms with Crippen molar-refractivity contribution >= 4 is 55.1 Å². The quantitative estimate of drug-likeness (QED) is 0.326. The third-order valence-electron chi connectivity index (χ3n) is 2.43. The Morgan fingerprint density at radius 1 is 1.09 bits per heavy atom. The molecular formula is C9H8Cl2N4O6S2. The maximum Gasteiger partial charge on any atom is 0.296 e. The van der Waals surface area contributed by atoms with E-state index in [0.717, 1.165) is 22.8 Å². The number of benzene rings is 1. The number of hydrazine groups is 2. The molecule has 23 heavy (non-hydrogen) atoms. The lowest BCUT2D eigenvalue weighted by Crippen LogP contribution is -2.46. The van der Waals surface area contributed by atoms with Crippen LogP contribution in [0.5, 0.6) is 0 Å². The van der Waals surface area contributed by atoms with Crippen LogP contribution in [-0.2, 0) is 20.2 Å². The van der Waals surface area contributed by atoms with Gasteiger partial charge in [-0.05, 0) is 22.8 Å². The molecule has 0 aliphatic carbocycles. The molecule has 126 valence electrons. The van der Waals surface area contributed by atoms with Crippen LogP contribution in [-0.4, -0.2) is 36.4 Å². The van der Waals surface area contributed by atoms with Gasteiger partial charge in [0.25, 0.3) is 20.2 Å². The van der Waals surface area contributed by atoms with E-state index < -0.39 is 35.7 Å². The van der Waals surface area contributed by atoms with Gasteiger partial charge in [-0.1, -0.05) is 11.6 Å². The van der Waals surface area contributed by atoms with Crippen LogP contribution in [0.25, 0.3) is 0 Å². The monoisotopic (exact) mass is 402 g/mol. The molecule has 0 saturated carbocycles. The molecule has 10 nitrogen and oxygen atoms in total. The van der Waals surface area contributed by atoms with Crippen molar-refractivity contribution in [1.29, 1.82) is 0 Å². The van der Waals surface area contributed by atoms with E-state index in [1.165, 1.54) is 6.08 Å². The largest absolute Gasteiger partial charge is 0.296 e. The third-order valence-corrected chi connectivity index (χ3v) is 4.54. The summed E-state index contributed by atoms with van der Waals surface area (Å²) in [6, 6.07) is 2.34. The summed E-state index contributed by atoms with van der Waals surface area (Å²) in [6.07, 6.45) is 1.22. The lowest BCUT2D eigenvalue weighted by Gasteiger charge is -2.22. The fourth-order valence-corrected chi connectivity index (χ4v) is 3.08. The zero-order valence-electron chi connectivity index (χ0n) is 10.8. The third kappa shape index (κ3) is 4.54. The van der Waals surface area contributed by atoms with Gasteiger partial charge in [-0.25, -0.2) is 4.99 Å². The van der Waals surface area contributed by atoms with Crippen molar-refractivity contribution in [3.8, 4) is 0 Å². The highest BCUT2D eigenvalue weighted by molar-refractivity contribution is 7.86. The van der Waals surface area contributed by atoms with Crippen LogP contribution in [0.15, 0.2) is 44.2 Å². The molecule has 1 aromatic rings. The Bertz CT molecular complexity index is 912. The van der Waals surface area contributed by atoms with Gasteiger partial charge >= 0.3 is 0 Å². The van der Waals surface area contributed by atoms with Gasteiger partial charge in [0, 0.05) is 17.9 Å². The first-order valence-electron chi connectivity index (χ1n) is 5.51. The Labute approximate surface area is 141 Å². The minimum atomic E-state index is -4.70. The van der Waals surface area contributed by atoms with Gasteiger partial charge in [0.15, 0.2) is 0 Å². The van der Waals surface area contributed by atoms with Gasteiger partial charge in [0.1, 0.15) is 15.9 Å². The molecule has 0 amide bonds. The molecule has 4 N–H and O–H groups in total. The second kappa shape index (κ2) is 6.24. The van der Waals surface area contributed by atoms with Crippen molar-refractivity contribution < 1.29 is 25.9 Å². The first-order chi connectivity index (χ1) is 10.5. The Morgan fingerprint density at radius 3 is 2.26 bits per heavy atom. The van der Waals surface area contributed by atoms with Crippen molar-refractivity contribution in [2.24, 2.45) is 4.99 Å². The van der Waals surface area contributed by atoms with E-state index in [-0.39, 0.29) is 11.0 Å². The molecule has 2 rings (SSSR count). The predicted molar refractivity (Wildman–Crippen MR) is 81.1 cm³/mol. The van der Waals surface area contributed by atoms with Crippen molar-refractivity contribution in [2.75, 3.05) is 0 Å². The van der Waals surface area contributed by atoms with Gasteiger partial charge in [0.05, 0.1) is 10.6 Å². The second-order valence-electron chi connectivity index (χ2n) is 4.07. The average Bonchev–Trinajstić information content (AvgIpc) is 2.34. The Morgan fingerprint density at radius 2 is 1.74 bits per heavy atom. The van der Waals surface area contributed by atoms with E-state index in [2.05, 4.69) is 15.8 Å². The molecular weight excluding hydrogens is 395 g/mol. The molecule has 0 saturated heterocycles. The van der Waals surface area contributed by atoms with Crippen molar-refractivity contribution in [2.45, 2.75) is 9.79 Å². The van der Waals surface area contributed by atoms with Crippen molar-refractivity contribution in [3.63, 3.8) is 0 Å². The summed E-state index contributed by atoms with van der Waals surface area (Å²) in [5, 5.41) is 0.0249. The van der Waals surface area contributed by atoms with Crippen LogP contribution in [0, 0.1) is 0 Å².